The summed E-state index contributed by atoms with van der Waals surface area (Å²) >= 11 is 0. The monoisotopic (exact) mass is 756 g/mol. The van der Waals surface area contributed by atoms with Gasteiger partial charge in [0.25, 0.3) is 0 Å². The molecule has 0 spiro atoms. The fourth-order valence-corrected chi connectivity index (χ4v) is 9.45. The van der Waals surface area contributed by atoms with Gasteiger partial charge in [0.15, 0.2) is 5.58 Å². The number of hydrogen-bond donors (Lipinski definition) is 0. The van der Waals surface area contributed by atoms with Crippen LogP contribution in [0.3, 0.4) is 0 Å². The summed E-state index contributed by atoms with van der Waals surface area (Å²) < 4.78 is 17.9. The van der Waals surface area contributed by atoms with E-state index in [0.29, 0.717) is 6.61 Å². The molecule has 0 amide bonds. The molecule has 11 aromatic rings. The standard InChI is InChI=1S/C55H36N2O2/c1-35-34-36(16-15-33-58-50-29-11-7-19-38(35)50)39-31-32-44-41-21-5-9-26-47(41)56(37-17-3-2-4-18-37)54(44)52(39)46-25-13-23-43-40-20-6-10-27-48(40)57(53(43)46)49-28-14-24-45-42-22-8-12-30-51(42)59-55(45)49/h2-32,34H,1,33H2/b16-15-,36-34+. The highest BCUT2D eigenvalue weighted by Gasteiger charge is 2.26. The van der Waals surface area contributed by atoms with Gasteiger partial charge in [0, 0.05) is 54.7 Å². The van der Waals surface area contributed by atoms with Crippen LogP contribution in [0.4, 0.5) is 0 Å². The number of fused-ring (bicyclic) bond motifs is 10. The van der Waals surface area contributed by atoms with Crippen LogP contribution in [0.5, 0.6) is 5.75 Å². The Balaban J connectivity index is 1.27. The first-order valence-electron chi connectivity index (χ1n) is 20.1. The van der Waals surface area contributed by atoms with Crippen LogP contribution in [0.1, 0.15) is 11.1 Å². The lowest BCUT2D eigenvalue weighted by atomic mass is 9.89. The summed E-state index contributed by atoms with van der Waals surface area (Å²) in [6, 6.07) is 62.6. The molecular formula is C55H36N2O2. The zero-order valence-corrected chi connectivity index (χ0v) is 32.1. The molecule has 0 aliphatic carbocycles. The topological polar surface area (TPSA) is 32.2 Å². The maximum absolute atomic E-state index is 6.77. The highest BCUT2D eigenvalue weighted by atomic mass is 16.5. The molecular weight excluding hydrogens is 721 g/mol. The maximum Gasteiger partial charge on any atom is 0.159 e. The first-order chi connectivity index (χ1) is 29.2. The SMILES string of the molecule is C=C1/C=C(c2ccc3c4ccccc4n(-c4ccccc4)c3c2-c2cccc3c4ccccc4n(-c4cccc5c4oc4ccccc45)c23)\C=C/COc2ccccc21. The predicted molar refractivity (Wildman–Crippen MR) is 246 cm³/mol. The van der Waals surface area contributed by atoms with Gasteiger partial charge in [-0.3, -0.25) is 0 Å². The molecule has 4 heterocycles. The zero-order valence-electron chi connectivity index (χ0n) is 32.1. The molecule has 0 atom stereocenters. The number of para-hydroxylation sites is 7. The van der Waals surface area contributed by atoms with Crippen molar-refractivity contribution in [2.45, 2.75) is 0 Å². The second-order valence-electron chi connectivity index (χ2n) is 15.2. The van der Waals surface area contributed by atoms with Crippen molar-refractivity contribution >= 4 is 76.7 Å². The third-order valence-corrected chi connectivity index (χ3v) is 11.9. The number of allylic oxidation sites excluding steroid dienone is 4. The fraction of sp³-hybridized carbons (Fsp3) is 0.0182. The lowest BCUT2D eigenvalue weighted by molar-refractivity contribution is 0.362. The van der Waals surface area contributed by atoms with Crippen LogP contribution >= 0.6 is 0 Å². The first-order valence-corrected chi connectivity index (χ1v) is 20.1. The van der Waals surface area contributed by atoms with E-state index in [2.05, 4.69) is 186 Å². The smallest absolute Gasteiger partial charge is 0.159 e. The van der Waals surface area contributed by atoms with Crippen molar-refractivity contribution in [1.82, 2.24) is 9.13 Å². The largest absolute Gasteiger partial charge is 0.489 e. The van der Waals surface area contributed by atoms with Crippen LogP contribution in [-0.2, 0) is 0 Å². The van der Waals surface area contributed by atoms with Crippen molar-refractivity contribution < 1.29 is 9.15 Å². The molecule has 0 saturated carbocycles. The number of nitrogens with zero attached hydrogens (tertiary/aromatic N) is 2. The highest BCUT2D eigenvalue weighted by Crippen LogP contribution is 2.48. The van der Waals surface area contributed by atoms with Gasteiger partial charge in [-0.05, 0) is 71.3 Å². The summed E-state index contributed by atoms with van der Waals surface area (Å²) in [6.45, 7) is 5.05. The molecule has 1 aliphatic heterocycles. The summed E-state index contributed by atoms with van der Waals surface area (Å²) in [4.78, 5) is 0. The van der Waals surface area contributed by atoms with Gasteiger partial charge in [-0.15, -0.1) is 0 Å². The van der Waals surface area contributed by atoms with Gasteiger partial charge in [-0.25, -0.2) is 0 Å². The van der Waals surface area contributed by atoms with Crippen molar-refractivity contribution in [3.63, 3.8) is 0 Å². The number of furan rings is 1. The molecule has 278 valence electrons. The second-order valence-corrected chi connectivity index (χ2v) is 15.2. The number of hydrogen-bond acceptors (Lipinski definition) is 2. The van der Waals surface area contributed by atoms with E-state index in [1.165, 1.54) is 21.5 Å². The van der Waals surface area contributed by atoms with E-state index in [-0.39, 0.29) is 0 Å². The molecule has 0 N–H and O–H groups in total. The van der Waals surface area contributed by atoms with Crippen molar-refractivity contribution in [3.05, 3.63) is 212 Å². The zero-order chi connectivity index (χ0) is 39.0. The first kappa shape index (κ1) is 33.3. The molecule has 1 aliphatic rings. The Labute approximate surface area is 340 Å². The number of aromatic nitrogens is 2. The van der Waals surface area contributed by atoms with E-state index in [9.17, 15) is 0 Å². The quantitative estimate of drug-likeness (QED) is 0.179. The summed E-state index contributed by atoms with van der Waals surface area (Å²) in [5, 5.41) is 6.93. The van der Waals surface area contributed by atoms with E-state index < -0.39 is 0 Å². The Hall–Kier alpha value is -7.82. The summed E-state index contributed by atoms with van der Waals surface area (Å²) in [5.74, 6) is 0.827. The molecule has 4 heteroatoms. The molecule has 0 radical (unpaired) electrons. The van der Waals surface area contributed by atoms with Gasteiger partial charge in [0.05, 0.1) is 27.8 Å². The normalized spacial score (nSPS) is 14.6. The molecule has 0 unspecified atom stereocenters. The Morgan fingerprint density at radius 1 is 0.475 bits per heavy atom. The van der Waals surface area contributed by atoms with Gasteiger partial charge in [0.2, 0.25) is 0 Å². The Bertz CT molecular complexity index is 3570. The van der Waals surface area contributed by atoms with E-state index >= 15 is 0 Å². The summed E-state index contributed by atoms with van der Waals surface area (Å²) in [5.41, 5.74) is 14.6. The van der Waals surface area contributed by atoms with Gasteiger partial charge in [-0.2, -0.15) is 0 Å². The average molecular weight is 757 g/mol. The third kappa shape index (κ3) is 5.03. The minimum Gasteiger partial charge on any atom is -0.489 e. The number of ether oxygens (including phenoxy) is 1. The van der Waals surface area contributed by atoms with Crippen LogP contribution in [0.15, 0.2) is 205 Å². The van der Waals surface area contributed by atoms with Gasteiger partial charge < -0.3 is 18.3 Å². The van der Waals surface area contributed by atoms with Crippen molar-refractivity contribution in [2.75, 3.05) is 6.61 Å². The fourth-order valence-electron chi connectivity index (χ4n) is 9.45. The van der Waals surface area contributed by atoms with Gasteiger partial charge in [-0.1, -0.05) is 146 Å². The van der Waals surface area contributed by atoms with Crippen LogP contribution in [0.2, 0.25) is 0 Å². The third-order valence-electron chi connectivity index (χ3n) is 11.9. The average Bonchev–Trinajstić information content (AvgIpc) is 3.97. The molecule has 12 rings (SSSR count). The molecule has 0 saturated heterocycles. The lowest BCUT2D eigenvalue weighted by Crippen LogP contribution is -2.01. The van der Waals surface area contributed by atoms with Gasteiger partial charge in [0.1, 0.15) is 17.9 Å². The predicted octanol–water partition coefficient (Wildman–Crippen LogP) is 14.5. The van der Waals surface area contributed by atoms with Gasteiger partial charge >= 0.3 is 0 Å². The lowest BCUT2D eigenvalue weighted by Gasteiger charge is -2.19. The van der Waals surface area contributed by atoms with Crippen LogP contribution in [0, 0.1) is 0 Å². The van der Waals surface area contributed by atoms with E-state index in [1.54, 1.807) is 0 Å². The minimum atomic E-state index is 0.439. The summed E-state index contributed by atoms with van der Waals surface area (Å²) in [7, 11) is 0. The van der Waals surface area contributed by atoms with E-state index in [0.717, 1.165) is 94.5 Å². The van der Waals surface area contributed by atoms with E-state index in [4.69, 9.17) is 9.15 Å². The van der Waals surface area contributed by atoms with Crippen molar-refractivity contribution in [1.29, 1.82) is 0 Å². The second kappa shape index (κ2) is 13.1. The Morgan fingerprint density at radius 3 is 1.97 bits per heavy atom. The molecule has 4 nitrogen and oxygen atoms in total. The van der Waals surface area contributed by atoms with Crippen LogP contribution in [-0.4, -0.2) is 15.7 Å². The van der Waals surface area contributed by atoms with Crippen LogP contribution < -0.4 is 4.74 Å². The molecule has 8 aromatic carbocycles. The maximum atomic E-state index is 6.77. The molecule has 59 heavy (non-hydrogen) atoms. The van der Waals surface area contributed by atoms with Crippen molar-refractivity contribution in [2.24, 2.45) is 0 Å². The number of benzene rings is 8. The summed E-state index contributed by atoms with van der Waals surface area (Å²) in [6.07, 6.45) is 6.53. The molecule has 0 bridgehead atoms. The number of rotatable bonds is 4. The molecule has 3 aromatic heterocycles. The van der Waals surface area contributed by atoms with E-state index in [1.807, 2.05) is 24.3 Å². The van der Waals surface area contributed by atoms with Crippen molar-refractivity contribution in [3.8, 4) is 28.3 Å². The Morgan fingerprint density at radius 2 is 1.12 bits per heavy atom. The van der Waals surface area contributed by atoms with Crippen LogP contribution in [0.25, 0.3) is 99.2 Å². The molecule has 0 fully saturated rings. The Kier molecular flexibility index (Phi) is 7.41. The highest BCUT2D eigenvalue weighted by molar-refractivity contribution is 6.21. The minimum absolute atomic E-state index is 0.439.